The molecule has 4 heteroatoms. The summed E-state index contributed by atoms with van der Waals surface area (Å²) in [5, 5.41) is 15.2. The van der Waals surface area contributed by atoms with E-state index in [0.29, 0.717) is 0 Å². The molecule has 0 heterocycles. The molecule has 0 atom stereocenters. The highest BCUT2D eigenvalue weighted by molar-refractivity contribution is 6.29. The normalized spacial score (nSPS) is 11.5. The van der Waals surface area contributed by atoms with Crippen molar-refractivity contribution in [2.24, 2.45) is 0 Å². The second kappa shape index (κ2) is 23.6. The lowest BCUT2D eigenvalue weighted by atomic mass is 9.91. The van der Waals surface area contributed by atoms with Gasteiger partial charge < -0.3 is 19.6 Å². The van der Waals surface area contributed by atoms with Gasteiger partial charge in [-0.15, -0.1) is 0 Å². The average Bonchev–Trinajstić information content (AvgIpc) is 0.740. The molecule has 16 rings (SSSR count). The maximum atomic E-state index is 2.42. The Balaban J connectivity index is 0.000000153. The van der Waals surface area contributed by atoms with Crippen LogP contribution in [0.3, 0.4) is 0 Å². The van der Waals surface area contributed by atoms with Crippen LogP contribution in [0.5, 0.6) is 0 Å². The van der Waals surface area contributed by atoms with Gasteiger partial charge in [-0.3, -0.25) is 0 Å². The van der Waals surface area contributed by atoms with Gasteiger partial charge in [-0.25, -0.2) is 0 Å². The number of rotatable bonds is 12. The topological polar surface area (TPSA) is 13.0 Å². The van der Waals surface area contributed by atoms with Crippen molar-refractivity contribution in [1.29, 1.82) is 0 Å². The number of hydrogen-bond donors (Lipinski definition) is 0. The van der Waals surface area contributed by atoms with Crippen molar-refractivity contribution in [3.05, 3.63) is 336 Å². The van der Waals surface area contributed by atoms with E-state index < -0.39 is 0 Å². The molecule has 0 radical (unpaired) electrons. The quantitative estimate of drug-likeness (QED) is 0.113. The molecule has 92 heavy (non-hydrogen) atoms. The van der Waals surface area contributed by atoms with Crippen LogP contribution in [0.1, 0.15) is 44.5 Å². The third kappa shape index (κ3) is 10.5. The van der Waals surface area contributed by atoms with Crippen molar-refractivity contribution in [2.45, 2.75) is 55.4 Å². The van der Waals surface area contributed by atoms with E-state index in [1.54, 1.807) is 0 Å². The number of aryl methyl sites for hydroxylation is 8. The fourth-order valence-electron chi connectivity index (χ4n) is 13.9. The van der Waals surface area contributed by atoms with E-state index in [4.69, 9.17) is 0 Å². The number of nitrogens with zero attached hydrogens (tertiary/aromatic N) is 4. The fourth-order valence-corrected chi connectivity index (χ4v) is 13.9. The standard InChI is InChI=1S/2C44H36N2/c1-29-5-17-35(18-6-29)45(36-19-7-30(2)8-20-36)41-27-15-33-14-26-40-42(28-16-34-13-25-39(41)43(33)44(34)40)46(37-21-9-31(3)10-22-37)38-23-11-32(4)12-24-38;1-29-9-5-13-35(25-29)45(36-14-6-10-30(2)26-36)41-23-19-33-18-22-40-42(24-20-34-17-21-39(41)43(33)44(34)40)46(37-15-7-11-31(3)27-37)38-16-8-12-32(4)28-38/h2*5-28H,1-4H3. The molecule has 16 aromatic carbocycles. The van der Waals surface area contributed by atoms with Crippen LogP contribution in [0.25, 0.3) is 64.6 Å². The predicted octanol–water partition coefficient (Wildman–Crippen LogP) is 25.5. The van der Waals surface area contributed by atoms with Crippen molar-refractivity contribution < 1.29 is 0 Å². The van der Waals surface area contributed by atoms with Gasteiger partial charge >= 0.3 is 0 Å². The third-order valence-electron chi connectivity index (χ3n) is 18.4. The Labute approximate surface area is 540 Å². The highest BCUT2D eigenvalue weighted by Gasteiger charge is 2.25. The highest BCUT2D eigenvalue weighted by Crippen LogP contribution is 2.50. The van der Waals surface area contributed by atoms with Gasteiger partial charge in [0, 0.05) is 67.0 Å². The Kier molecular flexibility index (Phi) is 14.7. The Bertz CT molecular complexity index is 4860. The molecule has 0 amide bonds. The molecule has 4 nitrogen and oxygen atoms in total. The lowest BCUT2D eigenvalue weighted by Gasteiger charge is -2.29. The molecule has 0 aliphatic heterocycles. The second-order valence-electron chi connectivity index (χ2n) is 25.2. The molecule has 0 aliphatic rings. The molecule has 0 saturated carbocycles. The molecule has 0 unspecified atom stereocenters. The molecule has 16 aromatic rings. The van der Waals surface area contributed by atoms with Crippen LogP contribution in [0.2, 0.25) is 0 Å². The molecule has 0 spiro atoms. The van der Waals surface area contributed by atoms with Gasteiger partial charge in [0.2, 0.25) is 0 Å². The third-order valence-corrected chi connectivity index (χ3v) is 18.4. The zero-order valence-electron chi connectivity index (χ0n) is 53.5. The molecule has 0 N–H and O–H groups in total. The van der Waals surface area contributed by atoms with Crippen molar-refractivity contribution >= 4 is 133 Å². The lowest BCUT2D eigenvalue weighted by molar-refractivity contribution is 1.27. The summed E-state index contributed by atoms with van der Waals surface area (Å²) in [5.41, 5.74) is 23.9. The number of hydrogen-bond acceptors (Lipinski definition) is 4. The summed E-state index contributed by atoms with van der Waals surface area (Å²) in [6.45, 7) is 17.2. The van der Waals surface area contributed by atoms with Crippen LogP contribution in [-0.2, 0) is 0 Å². The van der Waals surface area contributed by atoms with Crippen LogP contribution in [0, 0.1) is 55.4 Å². The van der Waals surface area contributed by atoms with Gasteiger partial charge in [-0.1, -0.05) is 192 Å². The Morgan fingerprint density at radius 3 is 0.565 bits per heavy atom. The zero-order valence-corrected chi connectivity index (χ0v) is 53.5. The first-order chi connectivity index (χ1) is 44.9. The van der Waals surface area contributed by atoms with Crippen LogP contribution in [-0.4, -0.2) is 0 Å². The smallest absolute Gasteiger partial charge is 0.0540 e. The number of benzene rings is 16. The lowest BCUT2D eigenvalue weighted by Crippen LogP contribution is -2.12. The minimum Gasteiger partial charge on any atom is -0.310 e. The highest BCUT2D eigenvalue weighted by atomic mass is 15.2. The largest absolute Gasteiger partial charge is 0.310 e. The van der Waals surface area contributed by atoms with Gasteiger partial charge in [0.25, 0.3) is 0 Å². The average molecular weight is 1190 g/mol. The summed E-state index contributed by atoms with van der Waals surface area (Å²) in [7, 11) is 0. The number of anilines is 12. The van der Waals surface area contributed by atoms with Gasteiger partial charge in [0.15, 0.2) is 0 Å². The van der Waals surface area contributed by atoms with Crippen LogP contribution in [0.15, 0.2) is 291 Å². The van der Waals surface area contributed by atoms with Crippen molar-refractivity contribution in [1.82, 2.24) is 0 Å². The summed E-state index contributed by atoms with van der Waals surface area (Å²) in [4.78, 5) is 9.63. The first-order valence-corrected chi connectivity index (χ1v) is 32.0. The Morgan fingerprint density at radius 2 is 0.359 bits per heavy atom. The van der Waals surface area contributed by atoms with Gasteiger partial charge in [-0.05, 0) is 242 Å². The maximum absolute atomic E-state index is 2.42. The van der Waals surface area contributed by atoms with Crippen molar-refractivity contribution in [2.75, 3.05) is 19.6 Å². The van der Waals surface area contributed by atoms with E-state index in [9.17, 15) is 0 Å². The van der Waals surface area contributed by atoms with Crippen LogP contribution in [0.4, 0.5) is 68.2 Å². The Hall–Kier alpha value is -11.2. The van der Waals surface area contributed by atoms with Crippen molar-refractivity contribution in [3.63, 3.8) is 0 Å². The summed E-state index contributed by atoms with van der Waals surface area (Å²) >= 11 is 0. The monoisotopic (exact) mass is 1180 g/mol. The molecule has 0 fully saturated rings. The SMILES string of the molecule is Cc1ccc(N(c2ccc(C)cc2)c2ccc3ccc4c(N(c5ccc(C)cc5)c5ccc(C)cc5)ccc5ccc2c3c54)cc1.Cc1cccc(N(c2cccc(C)c2)c2ccc3ccc4c(N(c5cccc(C)c5)c5cccc(C)c5)ccc5ccc2c3c54)c1. The summed E-state index contributed by atoms with van der Waals surface area (Å²) in [6.07, 6.45) is 0. The van der Waals surface area contributed by atoms with Gasteiger partial charge in [-0.2, -0.15) is 0 Å². The minimum atomic E-state index is 1.15. The zero-order chi connectivity index (χ0) is 62.7. The second-order valence-corrected chi connectivity index (χ2v) is 25.2. The van der Waals surface area contributed by atoms with Crippen LogP contribution < -0.4 is 19.6 Å². The van der Waals surface area contributed by atoms with Crippen LogP contribution >= 0.6 is 0 Å². The van der Waals surface area contributed by atoms with E-state index in [1.807, 2.05) is 0 Å². The van der Waals surface area contributed by atoms with Crippen molar-refractivity contribution in [3.8, 4) is 0 Å². The molecule has 0 saturated heterocycles. The van der Waals surface area contributed by atoms with E-state index in [1.165, 1.54) is 132 Å². The summed E-state index contributed by atoms with van der Waals surface area (Å²) in [6, 6.07) is 107. The van der Waals surface area contributed by atoms with Gasteiger partial charge in [0.1, 0.15) is 0 Å². The first-order valence-electron chi connectivity index (χ1n) is 32.0. The molecule has 0 aliphatic carbocycles. The maximum Gasteiger partial charge on any atom is 0.0540 e. The minimum absolute atomic E-state index is 1.15. The van der Waals surface area contributed by atoms with Gasteiger partial charge in [0.05, 0.1) is 22.7 Å². The molecule has 0 aromatic heterocycles. The van der Waals surface area contributed by atoms with E-state index >= 15 is 0 Å². The first kappa shape index (κ1) is 57.3. The molecular formula is C88H72N4. The van der Waals surface area contributed by atoms with E-state index in [-0.39, 0.29) is 0 Å². The summed E-state index contributed by atoms with van der Waals surface area (Å²) in [5.74, 6) is 0. The van der Waals surface area contributed by atoms with E-state index in [0.717, 1.165) is 45.5 Å². The molecule has 0 bridgehead atoms. The predicted molar refractivity (Wildman–Crippen MR) is 397 cm³/mol. The van der Waals surface area contributed by atoms with E-state index in [2.05, 4.69) is 366 Å². The summed E-state index contributed by atoms with van der Waals surface area (Å²) < 4.78 is 0. The Morgan fingerprint density at radius 1 is 0.163 bits per heavy atom. The molecular weight excluding hydrogens is 1110 g/mol. The fraction of sp³-hybridized carbons (Fsp3) is 0.0909. The molecule has 444 valence electrons.